The topological polar surface area (TPSA) is 77.2 Å². The van der Waals surface area contributed by atoms with Crippen LogP contribution in [0.2, 0.25) is 0 Å². The van der Waals surface area contributed by atoms with Gasteiger partial charge in [0.05, 0.1) is 11.2 Å². The van der Waals surface area contributed by atoms with Gasteiger partial charge in [0.2, 0.25) is 0 Å². The van der Waals surface area contributed by atoms with Crippen LogP contribution in [-0.4, -0.2) is 33.8 Å². The van der Waals surface area contributed by atoms with E-state index >= 15 is 0 Å². The molecule has 0 aromatic carbocycles. The Kier molecular flexibility index (Phi) is 3.39. The van der Waals surface area contributed by atoms with Crippen LogP contribution in [0.25, 0.3) is 5.52 Å². The molecule has 3 heterocycles. The quantitative estimate of drug-likeness (QED) is 0.845. The van der Waals surface area contributed by atoms with Gasteiger partial charge < -0.3 is 14.4 Å². The van der Waals surface area contributed by atoms with Crippen molar-refractivity contribution in [1.82, 2.24) is 4.40 Å². The van der Waals surface area contributed by atoms with Gasteiger partial charge in [0.25, 0.3) is 5.56 Å². The average molecular weight is 315 g/mol. The van der Waals surface area contributed by atoms with Crippen LogP contribution in [0.15, 0.2) is 35.3 Å². The third-order valence-corrected chi connectivity index (χ3v) is 4.63. The molecule has 0 unspecified atom stereocenters. The van der Waals surface area contributed by atoms with Crippen molar-refractivity contribution in [3.05, 3.63) is 46.4 Å². The predicted octanol–water partition coefficient (Wildman–Crippen LogP) is 1.30. The van der Waals surface area contributed by atoms with Crippen molar-refractivity contribution < 1.29 is 19.2 Å². The second-order valence-electron chi connectivity index (χ2n) is 6.70. The van der Waals surface area contributed by atoms with E-state index in [2.05, 4.69) is 0 Å². The molecule has 2 aromatic rings. The van der Waals surface area contributed by atoms with Gasteiger partial charge >= 0.3 is 13.1 Å². The Morgan fingerprint density at radius 2 is 1.65 bits per heavy atom. The lowest BCUT2D eigenvalue weighted by Crippen LogP contribution is -2.41. The van der Waals surface area contributed by atoms with Crippen LogP contribution >= 0.6 is 0 Å². The zero-order valence-corrected chi connectivity index (χ0v) is 13.5. The van der Waals surface area contributed by atoms with E-state index in [1.165, 1.54) is 10.5 Å². The molecule has 0 atom stereocenters. The van der Waals surface area contributed by atoms with Crippen LogP contribution < -0.4 is 11.0 Å². The monoisotopic (exact) mass is 315 g/mol. The fourth-order valence-electron chi connectivity index (χ4n) is 2.49. The zero-order chi connectivity index (χ0) is 17.0. The minimum absolute atomic E-state index is 0.270. The van der Waals surface area contributed by atoms with Crippen LogP contribution in [0.4, 0.5) is 0 Å². The van der Waals surface area contributed by atoms with Gasteiger partial charge in [-0.1, -0.05) is 6.07 Å². The Balaban J connectivity index is 2.09. The van der Waals surface area contributed by atoms with Crippen molar-refractivity contribution in [3.63, 3.8) is 0 Å². The number of hydrogen-bond acceptors (Lipinski definition) is 4. The van der Waals surface area contributed by atoms with Crippen molar-refractivity contribution in [3.8, 4) is 0 Å². The Morgan fingerprint density at radius 3 is 2.22 bits per heavy atom. The highest BCUT2D eigenvalue weighted by molar-refractivity contribution is 6.62. The number of carboxylic acids is 1. The second kappa shape index (κ2) is 4.94. The summed E-state index contributed by atoms with van der Waals surface area (Å²) in [4.78, 5) is 23.4. The van der Waals surface area contributed by atoms with E-state index in [0.29, 0.717) is 11.0 Å². The van der Waals surface area contributed by atoms with Crippen LogP contribution in [0.3, 0.4) is 0 Å². The van der Waals surface area contributed by atoms with Crippen LogP contribution in [-0.2, 0) is 9.31 Å². The summed E-state index contributed by atoms with van der Waals surface area (Å²) in [6, 6.07) is 6.47. The number of carboxylic acid groups (broad SMARTS) is 1. The molecule has 1 saturated heterocycles. The summed E-state index contributed by atoms with van der Waals surface area (Å²) in [6.45, 7) is 7.79. The maximum Gasteiger partial charge on any atom is 0.496 e. The van der Waals surface area contributed by atoms with E-state index < -0.39 is 29.8 Å². The molecule has 1 N–H and O–H groups in total. The van der Waals surface area contributed by atoms with Crippen molar-refractivity contribution in [2.75, 3.05) is 0 Å². The molecule has 3 rings (SSSR count). The van der Waals surface area contributed by atoms with E-state index in [-0.39, 0.29) is 5.56 Å². The van der Waals surface area contributed by atoms with Gasteiger partial charge in [-0.3, -0.25) is 9.20 Å². The molecule has 0 radical (unpaired) electrons. The maximum atomic E-state index is 12.3. The molecule has 0 bridgehead atoms. The second-order valence-corrected chi connectivity index (χ2v) is 6.70. The molecule has 0 aliphatic carbocycles. The minimum Gasteiger partial charge on any atom is -0.477 e. The van der Waals surface area contributed by atoms with Gasteiger partial charge in [0, 0.05) is 11.7 Å². The SMILES string of the molecule is CC1(C)OB(c2ccc3ccc(C(=O)O)c(=O)n3c2)OC1(C)C. The summed E-state index contributed by atoms with van der Waals surface area (Å²) in [5.74, 6) is -1.24. The molecular formula is C16H18BNO5. The van der Waals surface area contributed by atoms with Crippen LogP contribution in [0, 0.1) is 0 Å². The highest BCUT2D eigenvalue weighted by atomic mass is 16.7. The van der Waals surface area contributed by atoms with E-state index in [1.807, 2.05) is 33.8 Å². The van der Waals surface area contributed by atoms with Crippen molar-refractivity contribution >= 4 is 24.1 Å². The largest absolute Gasteiger partial charge is 0.496 e. The summed E-state index contributed by atoms with van der Waals surface area (Å²) < 4.78 is 13.2. The van der Waals surface area contributed by atoms with Gasteiger partial charge in [-0.25, -0.2) is 4.79 Å². The first-order chi connectivity index (χ1) is 10.6. The maximum absolute atomic E-state index is 12.3. The molecule has 23 heavy (non-hydrogen) atoms. The fraction of sp³-hybridized carbons (Fsp3) is 0.375. The summed E-state index contributed by atoms with van der Waals surface area (Å²) in [6.07, 6.45) is 1.58. The number of rotatable bonds is 2. The molecule has 1 fully saturated rings. The zero-order valence-electron chi connectivity index (χ0n) is 13.5. The molecule has 1 aliphatic rings. The Labute approximate surface area is 133 Å². The number of pyridine rings is 2. The molecular weight excluding hydrogens is 297 g/mol. The Hall–Kier alpha value is -2.12. The van der Waals surface area contributed by atoms with Gasteiger partial charge in [-0.15, -0.1) is 0 Å². The number of hydrogen-bond donors (Lipinski definition) is 1. The summed E-state index contributed by atoms with van der Waals surface area (Å²) >= 11 is 0. The summed E-state index contributed by atoms with van der Waals surface area (Å²) in [7, 11) is -0.607. The lowest BCUT2D eigenvalue weighted by molar-refractivity contribution is 0.00578. The first kappa shape index (κ1) is 15.8. The Bertz CT molecular complexity index is 839. The van der Waals surface area contributed by atoms with Crippen LogP contribution in [0.5, 0.6) is 0 Å². The van der Waals surface area contributed by atoms with Crippen molar-refractivity contribution in [2.24, 2.45) is 0 Å². The first-order valence-corrected chi connectivity index (χ1v) is 7.37. The van der Waals surface area contributed by atoms with E-state index in [4.69, 9.17) is 14.4 Å². The Morgan fingerprint density at radius 1 is 1.09 bits per heavy atom. The van der Waals surface area contributed by atoms with Crippen molar-refractivity contribution in [1.29, 1.82) is 0 Å². The molecule has 1 aliphatic heterocycles. The molecule has 7 heteroatoms. The predicted molar refractivity (Wildman–Crippen MR) is 86.3 cm³/mol. The van der Waals surface area contributed by atoms with E-state index in [0.717, 1.165) is 0 Å². The third-order valence-electron chi connectivity index (χ3n) is 4.63. The first-order valence-electron chi connectivity index (χ1n) is 7.37. The standard InChI is InChI=1S/C16H18BNO5/c1-15(2)16(3,4)23-17(22-15)10-5-6-11-7-8-12(14(20)21)13(19)18(11)9-10/h5-9H,1-4H3,(H,20,21). The lowest BCUT2D eigenvalue weighted by atomic mass is 9.80. The molecule has 6 nitrogen and oxygen atoms in total. The van der Waals surface area contributed by atoms with Gasteiger partial charge in [-0.05, 0) is 51.4 Å². The normalized spacial score (nSPS) is 19.2. The summed E-state index contributed by atoms with van der Waals surface area (Å²) in [5.41, 5.74) is -0.538. The highest BCUT2D eigenvalue weighted by Crippen LogP contribution is 2.36. The summed E-state index contributed by atoms with van der Waals surface area (Å²) in [5, 5.41) is 9.08. The van der Waals surface area contributed by atoms with Gasteiger partial charge in [0.15, 0.2) is 0 Å². The van der Waals surface area contributed by atoms with Gasteiger partial charge in [0.1, 0.15) is 5.56 Å². The number of carbonyl (C=O) groups is 1. The van der Waals surface area contributed by atoms with Crippen LogP contribution in [0.1, 0.15) is 38.1 Å². The third kappa shape index (κ3) is 2.46. The molecule has 120 valence electrons. The lowest BCUT2D eigenvalue weighted by Gasteiger charge is -2.32. The van der Waals surface area contributed by atoms with Gasteiger partial charge in [-0.2, -0.15) is 0 Å². The van der Waals surface area contributed by atoms with E-state index in [9.17, 15) is 9.59 Å². The number of nitrogens with zero attached hydrogens (tertiary/aromatic N) is 1. The molecule has 0 amide bonds. The van der Waals surface area contributed by atoms with E-state index in [1.54, 1.807) is 18.3 Å². The fourth-order valence-corrected chi connectivity index (χ4v) is 2.49. The minimum atomic E-state index is -1.24. The van der Waals surface area contributed by atoms with Crippen molar-refractivity contribution in [2.45, 2.75) is 38.9 Å². The number of aromatic nitrogens is 1. The average Bonchev–Trinajstić information content (AvgIpc) is 2.67. The molecule has 2 aromatic heterocycles. The number of fused-ring (bicyclic) bond motifs is 1. The number of aromatic carboxylic acids is 1. The smallest absolute Gasteiger partial charge is 0.477 e. The highest BCUT2D eigenvalue weighted by Gasteiger charge is 2.51. The molecule has 0 spiro atoms. The molecule has 0 saturated carbocycles.